The Balaban J connectivity index is 1.64. The van der Waals surface area contributed by atoms with Gasteiger partial charge in [-0.1, -0.05) is 26.2 Å². The van der Waals surface area contributed by atoms with E-state index in [1.807, 2.05) is 0 Å². The first-order valence-corrected chi connectivity index (χ1v) is 6.99. The molecule has 0 aromatic rings. The van der Waals surface area contributed by atoms with Crippen LogP contribution < -0.4 is 5.32 Å². The fourth-order valence-corrected chi connectivity index (χ4v) is 2.77. The molecule has 1 heterocycles. The molecule has 0 bridgehead atoms. The van der Waals surface area contributed by atoms with Gasteiger partial charge in [-0.2, -0.15) is 0 Å². The molecule has 16 heavy (non-hydrogen) atoms. The van der Waals surface area contributed by atoms with Gasteiger partial charge >= 0.3 is 0 Å². The Kier molecular flexibility index (Phi) is 4.26. The Morgan fingerprint density at radius 3 is 2.56 bits per heavy atom. The molecule has 1 unspecified atom stereocenters. The van der Waals surface area contributed by atoms with E-state index in [0.29, 0.717) is 11.5 Å². The van der Waals surface area contributed by atoms with Crippen LogP contribution in [0.5, 0.6) is 0 Å². The maximum atomic E-state index is 5.44. The van der Waals surface area contributed by atoms with E-state index in [2.05, 4.69) is 19.2 Å². The number of nitrogens with one attached hydrogen (secondary N) is 1. The summed E-state index contributed by atoms with van der Waals surface area (Å²) >= 11 is 0. The molecule has 1 N–H and O–H groups in total. The smallest absolute Gasteiger partial charge is 0.0471 e. The zero-order valence-electron chi connectivity index (χ0n) is 10.9. The molecular formula is C14H27NO. The third kappa shape index (κ3) is 3.46. The van der Waals surface area contributed by atoms with Crippen LogP contribution in [-0.4, -0.2) is 25.8 Å². The largest absolute Gasteiger partial charge is 0.381 e. The molecule has 2 fully saturated rings. The van der Waals surface area contributed by atoms with Crippen LogP contribution >= 0.6 is 0 Å². The van der Waals surface area contributed by atoms with Crippen molar-refractivity contribution in [2.45, 2.75) is 58.4 Å². The van der Waals surface area contributed by atoms with Gasteiger partial charge < -0.3 is 10.1 Å². The third-order valence-corrected chi connectivity index (χ3v) is 4.49. The lowest BCUT2D eigenvalue weighted by atomic mass is 9.80. The van der Waals surface area contributed by atoms with Crippen molar-refractivity contribution in [1.82, 2.24) is 5.32 Å². The molecule has 1 atom stereocenters. The minimum Gasteiger partial charge on any atom is -0.381 e. The van der Waals surface area contributed by atoms with Crippen molar-refractivity contribution in [3.05, 3.63) is 0 Å². The van der Waals surface area contributed by atoms with Crippen LogP contribution in [0.4, 0.5) is 0 Å². The van der Waals surface area contributed by atoms with Crippen LogP contribution in [0.1, 0.15) is 52.4 Å². The summed E-state index contributed by atoms with van der Waals surface area (Å²) in [7, 11) is 0. The zero-order chi connectivity index (χ0) is 11.4. The first kappa shape index (κ1) is 12.4. The number of hydrogen-bond acceptors (Lipinski definition) is 2. The van der Waals surface area contributed by atoms with Crippen LogP contribution in [0, 0.1) is 11.3 Å². The Morgan fingerprint density at radius 1 is 1.31 bits per heavy atom. The van der Waals surface area contributed by atoms with E-state index in [0.717, 1.165) is 19.1 Å². The molecule has 0 radical (unpaired) electrons. The van der Waals surface area contributed by atoms with E-state index in [-0.39, 0.29) is 0 Å². The monoisotopic (exact) mass is 225 g/mol. The first-order chi connectivity index (χ1) is 7.68. The second-order valence-electron chi connectivity index (χ2n) is 6.24. The van der Waals surface area contributed by atoms with Gasteiger partial charge in [0.25, 0.3) is 0 Å². The highest BCUT2D eigenvalue weighted by Gasteiger charge is 2.28. The van der Waals surface area contributed by atoms with Gasteiger partial charge in [-0.05, 0) is 37.5 Å². The summed E-state index contributed by atoms with van der Waals surface area (Å²) < 4.78 is 5.44. The molecule has 0 spiro atoms. The maximum Gasteiger partial charge on any atom is 0.0471 e. The highest BCUT2D eigenvalue weighted by atomic mass is 16.5. The molecule has 2 rings (SSSR count). The Labute approximate surface area is 100 Å². The molecule has 2 heteroatoms. The van der Waals surface area contributed by atoms with E-state index in [1.165, 1.54) is 45.1 Å². The fraction of sp³-hybridized carbons (Fsp3) is 1.00. The van der Waals surface area contributed by atoms with Gasteiger partial charge in [0.05, 0.1) is 0 Å². The van der Waals surface area contributed by atoms with Gasteiger partial charge in [-0.3, -0.25) is 0 Å². The second kappa shape index (κ2) is 5.50. The van der Waals surface area contributed by atoms with E-state index in [4.69, 9.17) is 4.74 Å². The average molecular weight is 225 g/mol. The van der Waals surface area contributed by atoms with Crippen LogP contribution in [0.25, 0.3) is 0 Å². The summed E-state index contributed by atoms with van der Waals surface area (Å²) in [5.41, 5.74) is 0.478. The Bertz CT molecular complexity index is 207. The molecule has 1 aliphatic heterocycles. The molecule has 2 aliphatic rings. The predicted octanol–water partition coefficient (Wildman–Crippen LogP) is 2.97. The average Bonchev–Trinajstić information content (AvgIpc) is 2.22. The van der Waals surface area contributed by atoms with Crippen molar-refractivity contribution < 1.29 is 4.74 Å². The SMILES string of the molecule is CC(CC1CCC1)NCC1(C)CCOCC1. The molecule has 1 aliphatic carbocycles. The molecule has 1 saturated carbocycles. The summed E-state index contributed by atoms with van der Waals surface area (Å²) in [5.74, 6) is 1.02. The Hall–Kier alpha value is -0.0800. The topological polar surface area (TPSA) is 21.3 Å². The minimum atomic E-state index is 0.478. The molecule has 0 aromatic carbocycles. The van der Waals surface area contributed by atoms with Gasteiger partial charge in [-0.15, -0.1) is 0 Å². The molecule has 0 aromatic heterocycles. The van der Waals surface area contributed by atoms with Gasteiger partial charge in [0.2, 0.25) is 0 Å². The number of hydrogen-bond donors (Lipinski definition) is 1. The van der Waals surface area contributed by atoms with Crippen molar-refractivity contribution in [1.29, 1.82) is 0 Å². The lowest BCUT2D eigenvalue weighted by Gasteiger charge is -2.36. The van der Waals surface area contributed by atoms with Crippen molar-refractivity contribution >= 4 is 0 Å². The van der Waals surface area contributed by atoms with Crippen LogP contribution in [-0.2, 0) is 4.74 Å². The standard InChI is InChI=1S/C14H27NO/c1-12(10-13-4-3-5-13)15-11-14(2)6-8-16-9-7-14/h12-13,15H,3-11H2,1-2H3. The van der Waals surface area contributed by atoms with Crippen molar-refractivity contribution in [2.24, 2.45) is 11.3 Å². The van der Waals surface area contributed by atoms with Crippen molar-refractivity contribution in [2.75, 3.05) is 19.8 Å². The maximum absolute atomic E-state index is 5.44. The lowest BCUT2D eigenvalue weighted by molar-refractivity contribution is 0.0226. The van der Waals surface area contributed by atoms with Crippen molar-refractivity contribution in [3.63, 3.8) is 0 Å². The highest BCUT2D eigenvalue weighted by Crippen LogP contribution is 2.31. The van der Waals surface area contributed by atoms with Gasteiger partial charge in [-0.25, -0.2) is 0 Å². The number of ether oxygens (including phenoxy) is 1. The van der Waals surface area contributed by atoms with Gasteiger partial charge in [0.15, 0.2) is 0 Å². The fourth-order valence-electron chi connectivity index (χ4n) is 2.77. The zero-order valence-corrected chi connectivity index (χ0v) is 10.9. The molecule has 94 valence electrons. The van der Waals surface area contributed by atoms with E-state index >= 15 is 0 Å². The number of rotatable bonds is 5. The van der Waals surface area contributed by atoms with Crippen LogP contribution in [0.15, 0.2) is 0 Å². The van der Waals surface area contributed by atoms with E-state index in [9.17, 15) is 0 Å². The normalized spacial score (nSPS) is 27.4. The van der Waals surface area contributed by atoms with Crippen LogP contribution in [0.3, 0.4) is 0 Å². The quantitative estimate of drug-likeness (QED) is 0.776. The molecular weight excluding hydrogens is 198 g/mol. The predicted molar refractivity (Wildman–Crippen MR) is 67.6 cm³/mol. The minimum absolute atomic E-state index is 0.478. The molecule has 2 nitrogen and oxygen atoms in total. The summed E-state index contributed by atoms with van der Waals surface area (Å²) in [5, 5.41) is 3.74. The summed E-state index contributed by atoms with van der Waals surface area (Å²) in [6, 6.07) is 0.699. The molecule has 0 amide bonds. The van der Waals surface area contributed by atoms with E-state index < -0.39 is 0 Å². The third-order valence-electron chi connectivity index (χ3n) is 4.49. The first-order valence-electron chi connectivity index (χ1n) is 6.99. The van der Waals surface area contributed by atoms with E-state index in [1.54, 1.807) is 0 Å². The lowest BCUT2D eigenvalue weighted by Crippen LogP contribution is -2.41. The van der Waals surface area contributed by atoms with Gasteiger partial charge in [0.1, 0.15) is 0 Å². The summed E-state index contributed by atoms with van der Waals surface area (Å²) in [4.78, 5) is 0. The molecule has 1 saturated heterocycles. The highest BCUT2D eigenvalue weighted by molar-refractivity contribution is 4.82. The van der Waals surface area contributed by atoms with Crippen molar-refractivity contribution in [3.8, 4) is 0 Å². The summed E-state index contributed by atoms with van der Waals surface area (Å²) in [6.07, 6.45) is 8.22. The summed E-state index contributed by atoms with van der Waals surface area (Å²) in [6.45, 7) is 7.83. The van der Waals surface area contributed by atoms with Gasteiger partial charge in [0, 0.05) is 25.8 Å². The van der Waals surface area contributed by atoms with Crippen LogP contribution in [0.2, 0.25) is 0 Å². The Morgan fingerprint density at radius 2 is 2.00 bits per heavy atom. The second-order valence-corrected chi connectivity index (χ2v) is 6.24.